The summed E-state index contributed by atoms with van der Waals surface area (Å²) < 4.78 is 0. The zero-order valence-corrected chi connectivity index (χ0v) is 11.3. The molecule has 0 fully saturated rings. The predicted octanol–water partition coefficient (Wildman–Crippen LogP) is 2.87. The highest BCUT2D eigenvalue weighted by molar-refractivity contribution is 5.47. The summed E-state index contributed by atoms with van der Waals surface area (Å²) in [7, 11) is 0. The highest BCUT2D eigenvalue weighted by atomic mass is 16.3. The molecule has 0 aliphatic carbocycles. The molecule has 1 aromatic rings. The molecule has 0 saturated carbocycles. The molecule has 1 aromatic carbocycles. The average molecular weight is 274 g/mol. The molecule has 1 aliphatic heterocycles. The lowest BCUT2D eigenvalue weighted by molar-refractivity contribution is 0.272. The molecule has 1 heterocycles. The van der Waals surface area contributed by atoms with E-state index >= 15 is 0 Å². The topological polar surface area (TPSA) is 97.0 Å². The van der Waals surface area contributed by atoms with Gasteiger partial charge in [-0.1, -0.05) is 22.5 Å². The van der Waals surface area contributed by atoms with Crippen molar-refractivity contribution in [1.29, 1.82) is 0 Å². The number of nitrogens with zero attached hydrogens (tertiary/aromatic N) is 6. The lowest BCUT2D eigenvalue weighted by Crippen LogP contribution is -2.22. The van der Waals surface area contributed by atoms with Crippen LogP contribution in [0.1, 0.15) is 18.4 Å². The first-order valence-electron chi connectivity index (χ1n) is 6.72. The molecule has 0 bridgehead atoms. The fourth-order valence-electron chi connectivity index (χ4n) is 2.05. The molecular weight excluding hydrogens is 256 g/mol. The van der Waals surface area contributed by atoms with Crippen molar-refractivity contribution in [2.45, 2.75) is 25.3 Å². The van der Waals surface area contributed by atoms with Gasteiger partial charge in [0.1, 0.15) is 6.04 Å². The molecule has 20 heavy (non-hydrogen) atoms. The van der Waals surface area contributed by atoms with Crippen LogP contribution in [0.25, 0.3) is 10.4 Å². The smallest absolute Gasteiger partial charge is 0.116 e. The van der Waals surface area contributed by atoms with Crippen molar-refractivity contribution in [2.24, 2.45) is 15.5 Å². The molecule has 0 aromatic heterocycles. The van der Waals surface area contributed by atoms with Gasteiger partial charge in [-0.3, -0.25) is 0 Å². The monoisotopic (exact) mass is 274 g/mol. The Morgan fingerprint density at radius 2 is 2.15 bits per heavy atom. The second-order valence-corrected chi connectivity index (χ2v) is 4.70. The minimum Gasteiger partial charge on any atom is -0.394 e. The van der Waals surface area contributed by atoms with Gasteiger partial charge < -0.3 is 5.11 Å². The number of azide groups is 1. The lowest BCUT2D eigenvalue weighted by atomic mass is 10.1. The maximum absolute atomic E-state index is 9.02. The second kappa shape index (κ2) is 7.47. The zero-order chi connectivity index (χ0) is 14.2. The SMILES string of the molecule is [N-]=[N+]=NCCCCc1ccc(N2CC(CO)N=N2)cc1. The number of unbranched alkanes of at least 4 members (excludes halogenated alkanes) is 1. The molecule has 1 aliphatic rings. The van der Waals surface area contributed by atoms with Crippen LogP contribution in [0.2, 0.25) is 0 Å². The van der Waals surface area contributed by atoms with E-state index in [1.165, 1.54) is 5.56 Å². The normalized spacial score (nSPS) is 17.2. The van der Waals surface area contributed by atoms with Crippen LogP contribution in [0.3, 0.4) is 0 Å². The average Bonchev–Trinajstić information content (AvgIpc) is 2.97. The summed E-state index contributed by atoms with van der Waals surface area (Å²) in [6.07, 6.45) is 2.89. The largest absolute Gasteiger partial charge is 0.394 e. The lowest BCUT2D eigenvalue weighted by Gasteiger charge is -2.13. The molecule has 1 unspecified atom stereocenters. The summed E-state index contributed by atoms with van der Waals surface area (Å²) in [6.45, 7) is 1.22. The first kappa shape index (κ1) is 14.3. The Bertz CT molecular complexity index is 494. The third kappa shape index (κ3) is 3.94. The van der Waals surface area contributed by atoms with Crippen LogP contribution in [0.4, 0.5) is 5.69 Å². The Morgan fingerprint density at radius 1 is 1.35 bits per heavy atom. The first-order chi connectivity index (χ1) is 9.83. The van der Waals surface area contributed by atoms with Gasteiger partial charge in [-0.25, -0.2) is 5.01 Å². The van der Waals surface area contributed by atoms with Gasteiger partial charge in [-0.2, -0.15) is 5.11 Å². The molecular formula is C13H18N6O. The van der Waals surface area contributed by atoms with Crippen LogP contribution in [0, 0.1) is 0 Å². The Hall–Kier alpha value is -2.11. The standard InChI is InChI=1S/C13H18N6O/c14-17-15-8-2-1-3-11-4-6-13(7-5-11)19-9-12(10-20)16-18-19/h4-7,12,20H,1-3,8-10H2. The quantitative estimate of drug-likeness (QED) is 0.358. The molecule has 2 rings (SSSR count). The molecule has 106 valence electrons. The van der Waals surface area contributed by atoms with Crippen molar-refractivity contribution in [3.63, 3.8) is 0 Å². The van der Waals surface area contributed by atoms with Gasteiger partial charge in [0.2, 0.25) is 0 Å². The van der Waals surface area contributed by atoms with Crippen molar-refractivity contribution in [3.8, 4) is 0 Å². The fourth-order valence-corrected chi connectivity index (χ4v) is 2.05. The number of benzene rings is 1. The van der Waals surface area contributed by atoms with E-state index in [9.17, 15) is 0 Å². The minimum atomic E-state index is -0.115. The summed E-state index contributed by atoms with van der Waals surface area (Å²) in [6, 6.07) is 8.06. The molecule has 7 heteroatoms. The molecule has 1 atom stereocenters. The second-order valence-electron chi connectivity index (χ2n) is 4.70. The van der Waals surface area contributed by atoms with E-state index in [0.717, 1.165) is 24.9 Å². The highest BCUT2D eigenvalue weighted by Crippen LogP contribution is 2.21. The molecule has 0 saturated heterocycles. The van der Waals surface area contributed by atoms with Crippen LogP contribution < -0.4 is 5.01 Å². The van der Waals surface area contributed by atoms with Crippen LogP contribution in [0.5, 0.6) is 0 Å². The predicted molar refractivity (Wildman–Crippen MR) is 76.5 cm³/mol. The first-order valence-corrected chi connectivity index (χ1v) is 6.72. The Morgan fingerprint density at radius 3 is 2.80 bits per heavy atom. The maximum atomic E-state index is 9.02. The number of hydrogen-bond donors (Lipinski definition) is 1. The molecule has 0 amide bonds. The van der Waals surface area contributed by atoms with Gasteiger partial charge in [0.05, 0.1) is 18.8 Å². The third-order valence-corrected chi connectivity index (χ3v) is 3.19. The molecule has 0 spiro atoms. The van der Waals surface area contributed by atoms with E-state index in [-0.39, 0.29) is 12.6 Å². The van der Waals surface area contributed by atoms with Crippen LogP contribution in [-0.4, -0.2) is 30.8 Å². The summed E-state index contributed by atoms with van der Waals surface area (Å²) in [5.41, 5.74) is 10.4. The minimum absolute atomic E-state index is 0.0310. The fraction of sp³-hybridized carbons (Fsp3) is 0.538. The number of aliphatic hydroxyl groups excluding tert-OH is 1. The summed E-state index contributed by atoms with van der Waals surface area (Å²) in [5.74, 6) is 0. The number of aryl methyl sites for hydroxylation is 1. The van der Waals surface area contributed by atoms with Gasteiger partial charge in [0.25, 0.3) is 0 Å². The van der Waals surface area contributed by atoms with Gasteiger partial charge in [0, 0.05) is 11.5 Å². The Kier molecular flexibility index (Phi) is 5.34. The van der Waals surface area contributed by atoms with E-state index in [1.54, 1.807) is 5.01 Å². The van der Waals surface area contributed by atoms with Gasteiger partial charge >= 0.3 is 0 Å². The summed E-state index contributed by atoms with van der Waals surface area (Å²) in [4.78, 5) is 2.73. The van der Waals surface area contributed by atoms with Crippen molar-refractivity contribution in [3.05, 3.63) is 40.3 Å². The van der Waals surface area contributed by atoms with E-state index < -0.39 is 0 Å². The van der Waals surface area contributed by atoms with Crippen LogP contribution >= 0.6 is 0 Å². The Balaban J connectivity index is 1.81. The molecule has 1 N–H and O–H groups in total. The summed E-state index contributed by atoms with van der Waals surface area (Å²) >= 11 is 0. The van der Waals surface area contributed by atoms with E-state index in [0.29, 0.717) is 13.1 Å². The van der Waals surface area contributed by atoms with Gasteiger partial charge in [-0.05, 0) is 42.5 Å². The number of aliphatic hydroxyl groups is 1. The van der Waals surface area contributed by atoms with E-state index in [4.69, 9.17) is 10.6 Å². The van der Waals surface area contributed by atoms with Crippen molar-refractivity contribution in [2.75, 3.05) is 24.7 Å². The molecule has 7 nitrogen and oxygen atoms in total. The maximum Gasteiger partial charge on any atom is 0.116 e. The van der Waals surface area contributed by atoms with E-state index in [1.807, 2.05) is 12.1 Å². The van der Waals surface area contributed by atoms with Gasteiger partial charge in [0.15, 0.2) is 0 Å². The molecule has 0 radical (unpaired) electrons. The van der Waals surface area contributed by atoms with Crippen molar-refractivity contribution < 1.29 is 5.11 Å². The van der Waals surface area contributed by atoms with E-state index in [2.05, 4.69) is 32.5 Å². The van der Waals surface area contributed by atoms with Crippen molar-refractivity contribution >= 4 is 5.69 Å². The number of anilines is 1. The number of rotatable bonds is 7. The van der Waals surface area contributed by atoms with Crippen LogP contribution in [0.15, 0.2) is 39.7 Å². The number of hydrogen-bond acceptors (Lipinski definition) is 5. The highest BCUT2D eigenvalue weighted by Gasteiger charge is 2.19. The van der Waals surface area contributed by atoms with Crippen LogP contribution in [-0.2, 0) is 6.42 Å². The third-order valence-electron chi connectivity index (χ3n) is 3.19. The Labute approximate surface area is 117 Å². The van der Waals surface area contributed by atoms with Gasteiger partial charge in [-0.15, -0.1) is 0 Å². The summed E-state index contributed by atoms with van der Waals surface area (Å²) in [5, 5.41) is 22.3. The van der Waals surface area contributed by atoms with Crippen molar-refractivity contribution in [1.82, 2.24) is 0 Å². The zero-order valence-electron chi connectivity index (χ0n) is 11.3.